The lowest BCUT2D eigenvalue weighted by molar-refractivity contribution is 0.519. The summed E-state index contributed by atoms with van der Waals surface area (Å²) in [6.07, 6.45) is 3.93. The molecule has 0 spiro atoms. The van der Waals surface area contributed by atoms with Crippen LogP contribution in [0.15, 0.2) is 61.1 Å². The average Bonchev–Trinajstić information content (AvgIpc) is 3.36. The molecule has 6 rings (SSSR count). The molecule has 7 heteroatoms. The molecule has 2 N–H and O–H groups in total. The van der Waals surface area contributed by atoms with Gasteiger partial charge < -0.3 is 15.2 Å². The van der Waals surface area contributed by atoms with Crippen LogP contribution in [0.3, 0.4) is 0 Å². The Morgan fingerprint density at radius 2 is 1.87 bits per heavy atom. The fourth-order valence-corrected chi connectivity index (χ4v) is 4.35. The van der Waals surface area contributed by atoms with Crippen molar-refractivity contribution in [3.8, 4) is 34.4 Å². The second kappa shape index (κ2) is 6.31. The van der Waals surface area contributed by atoms with Crippen molar-refractivity contribution >= 4 is 5.69 Å². The highest BCUT2D eigenvalue weighted by Crippen LogP contribution is 2.35. The largest absolute Gasteiger partial charge is 0.368 e. The van der Waals surface area contributed by atoms with Gasteiger partial charge >= 0.3 is 0 Å². The van der Waals surface area contributed by atoms with Crippen molar-refractivity contribution in [3.63, 3.8) is 0 Å². The van der Waals surface area contributed by atoms with E-state index in [4.69, 9.17) is 11.0 Å². The Morgan fingerprint density at radius 1 is 1.03 bits per heavy atom. The minimum Gasteiger partial charge on any atom is -0.368 e. The molecule has 2 aromatic heterocycles. The Labute approximate surface area is 173 Å². The summed E-state index contributed by atoms with van der Waals surface area (Å²) < 4.78 is 4.29. The molecule has 0 atom stereocenters. The van der Waals surface area contributed by atoms with Crippen molar-refractivity contribution in [2.24, 2.45) is 5.73 Å². The van der Waals surface area contributed by atoms with E-state index in [-0.39, 0.29) is 6.04 Å². The number of aromatic nitrogens is 4. The van der Waals surface area contributed by atoms with Gasteiger partial charge in [0.2, 0.25) is 0 Å². The minimum absolute atomic E-state index is 0.263. The topological polar surface area (TPSA) is 88.7 Å². The van der Waals surface area contributed by atoms with E-state index in [1.54, 1.807) is 6.33 Å². The van der Waals surface area contributed by atoms with Gasteiger partial charge in [0.15, 0.2) is 5.82 Å². The summed E-state index contributed by atoms with van der Waals surface area (Å²) >= 11 is 0. The zero-order valence-corrected chi connectivity index (χ0v) is 16.2. The van der Waals surface area contributed by atoms with Gasteiger partial charge in [0.05, 0.1) is 23.0 Å². The van der Waals surface area contributed by atoms with Crippen LogP contribution < -0.4 is 10.6 Å². The molecule has 0 unspecified atom stereocenters. The predicted molar refractivity (Wildman–Crippen MR) is 114 cm³/mol. The molecular formula is C23H19N7. The molecule has 0 aliphatic carbocycles. The molecule has 0 bridgehead atoms. The molecule has 30 heavy (non-hydrogen) atoms. The smallest absolute Gasteiger partial charge is 0.185 e. The molecule has 0 radical (unpaired) electrons. The van der Waals surface area contributed by atoms with Crippen LogP contribution >= 0.6 is 0 Å². The first-order chi connectivity index (χ1) is 14.7. The standard InChI is InChI=1S/C23H19N7/c24-9-15-1-3-16(4-2-15)17-8-22-23-27-26-14-30(23)21-6-5-20(28-12-19(25)13-28)7-18(21)11-29(22)10-17/h1-8,10,14,19H,11-13,25H2. The van der Waals surface area contributed by atoms with E-state index in [0.717, 1.165) is 48.0 Å². The van der Waals surface area contributed by atoms with Crippen LogP contribution in [0.4, 0.5) is 5.69 Å². The summed E-state index contributed by atoms with van der Waals surface area (Å²) in [5.74, 6) is 0.826. The quantitative estimate of drug-likeness (QED) is 0.498. The number of nitrogens with zero attached hydrogens (tertiary/aromatic N) is 6. The monoisotopic (exact) mass is 393 g/mol. The lowest BCUT2D eigenvalue weighted by Gasteiger charge is -2.39. The Morgan fingerprint density at radius 3 is 2.63 bits per heavy atom. The molecule has 1 saturated heterocycles. The fourth-order valence-electron chi connectivity index (χ4n) is 4.35. The van der Waals surface area contributed by atoms with E-state index in [2.05, 4.69) is 60.8 Å². The number of hydrogen-bond donors (Lipinski definition) is 1. The summed E-state index contributed by atoms with van der Waals surface area (Å²) in [5.41, 5.74) is 13.3. The van der Waals surface area contributed by atoms with Gasteiger partial charge in [0.25, 0.3) is 0 Å². The number of anilines is 1. The summed E-state index contributed by atoms with van der Waals surface area (Å²) in [4.78, 5) is 2.31. The Bertz CT molecular complexity index is 1300. The lowest BCUT2D eigenvalue weighted by atomic mass is 10.1. The van der Waals surface area contributed by atoms with Gasteiger partial charge in [0.1, 0.15) is 6.33 Å². The molecule has 2 aliphatic heterocycles. The second-order valence-corrected chi connectivity index (χ2v) is 7.93. The zero-order chi connectivity index (χ0) is 20.2. The molecule has 4 heterocycles. The first-order valence-corrected chi connectivity index (χ1v) is 9.94. The van der Waals surface area contributed by atoms with E-state index in [9.17, 15) is 0 Å². The second-order valence-electron chi connectivity index (χ2n) is 7.93. The van der Waals surface area contributed by atoms with E-state index in [0.29, 0.717) is 5.56 Å². The maximum atomic E-state index is 9.06. The van der Waals surface area contributed by atoms with E-state index in [1.807, 2.05) is 24.3 Å². The highest BCUT2D eigenvalue weighted by atomic mass is 15.3. The molecule has 7 nitrogen and oxygen atoms in total. The number of nitriles is 1. The van der Waals surface area contributed by atoms with Crippen molar-refractivity contribution < 1.29 is 0 Å². The SMILES string of the molecule is N#Cc1ccc(-c2cc3n(c2)Cc2cc(N4CC(N)C4)ccc2-n2cnnc2-3)cc1. The number of benzene rings is 2. The maximum absolute atomic E-state index is 9.06. The predicted octanol–water partition coefficient (Wildman–Crippen LogP) is 2.78. The molecule has 2 aliphatic rings. The fraction of sp³-hybridized carbons (Fsp3) is 0.174. The van der Waals surface area contributed by atoms with Gasteiger partial charge in [-0.2, -0.15) is 5.26 Å². The van der Waals surface area contributed by atoms with Gasteiger partial charge in [-0.25, -0.2) is 0 Å². The first kappa shape index (κ1) is 17.0. The van der Waals surface area contributed by atoms with Crippen LogP contribution in [-0.4, -0.2) is 38.5 Å². The summed E-state index contributed by atoms with van der Waals surface area (Å²) in [5, 5.41) is 17.6. The van der Waals surface area contributed by atoms with Gasteiger partial charge in [0, 0.05) is 43.1 Å². The molecule has 0 amide bonds. The molecular weight excluding hydrogens is 374 g/mol. The van der Waals surface area contributed by atoms with E-state index in [1.165, 1.54) is 11.3 Å². The summed E-state index contributed by atoms with van der Waals surface area (Å²) in [6, 6.07) is 18.8. The summed E-state index contributed by atoms with van der Waals surface area (Å²) in [6.45, 7) is 2.54. The molecule has 4 aromatic rings. The third-order valence-electron chi connectivity index (χ3n) is 5.96. The van der Waals surface area contributed by atoms with Gasteiger partial charge in [-0.3, -0.25) is 4.57 Å². The van der Waals surface area contributed by atoms with Crippen LogP contribution in [0.5, 0.6) is 0 Å². The van der Waals surface area contributed by atoms with Crippen molar-refractivity contribution in [2.75, 3.05) is 18.0 Å². The highest BCUT2D eigenvalue weighted by Gasteiger charge is 2.26. The zero-order valence-electron chi connectivity index (χ0n) is 16.2. The number of rotatable bonds is 2. The number of hydrogen-bond acceptors (Lipinski definition) is 5. The van der Waals surface area contributed by atoms with Crippen molar-refractivity contribution in [2.45, 2.75) is 12.6 Å². The third kappa shape index (κ3) is 2.55. The van der Waals surface area contributed by atoms with Crippen LogP contribution in [0.2, 0.25) is 0 Å². The highest BCUT2D eigenvalue weighted by molar-refractivity contribution is 5.72. The molecule has 0 saturated carbocycles. The average molecular weight is 393 g/mol. The van der Waals surface area contributed by atoms with Crippen LogP contribution in [0.1, 0.15) is 11.1 Å². The Kier molecular flexibility index (Phi) is 3.58. The van der Waals surface area contributed by atoms with Gasteiger partial charge in [-0.1, -0.05) is 12.1 Å². The van der Waals surface area contributed by atoms with Crippen molar-refractivity contribution in [3.05, 3.63) is 72.2 Å². The Balaban J connectivity index is 1.45. The van der Waals surface area contributed by atoms with E-state index < -0.39 is 0 Å². The number of fused-ring (bicyclic) bond motifs is 5. The minimum atomic E-state index is 0.263. The van der Waals surface area contributed by atoms with E-state index >= 15 is 0 Å². The van der Waals surface area contributed by atoms with Gasteiger partial charge in [-0.05, 0) is 47.5 Å². The first-order valence-electron chi connectivity index (χ1n) is 9.94. The van der Waals surface area contributed by atoms with Crippen LogP contribution in [-0.2, 0) is 6.54 Å². The summed E-state index contributed by atoms with van der Waals surface area (Å²) in [7, 11) is 0. The van der Waals surface area contributed by atoms with Crippen LogP contribution in [0.25, 0.3) is 28.3 Å². The van der Waals surface area contributed by atoms with Crippen LogP contribution in [0, 0.1) is 11.3 Å². The third-order valence-corrected chi connectivity index (χ3v) is 5.96. The Hall–Kier alpha value is -3.89. The maximum Gasteiger partial charge on any atom is 0.185 e. The lowest BCUT2D eigenvalue weighted by Crippen LogP contribution is -2.55. The molecule has 146 valence electrons. The normalized spacial score (nSPS) is 14.9. The number of nitrogens with two attached hydrogens (primary N) is 1. The van der Waals surface area contributed by atoms with Crippen molar-refractivity contribution in [1.29, 1.82) is 5.26 Å². The van der Waals surface area contributed by atoms with Gasteiger partial charge in [-0.15, -0.1) is 10.2 Å². The molecule has 2 aromatic carbocycles. The molecule has 1 fully saturated rings. The van der Waals surface area contributed by atoms with Crippen molar-refractivity contribution in [1.82, 2.24) is 19.3 Å².